The first-order chi connectivity index (χ1) is 8.70. The van der Waals surface area contributed by atoms with Crippen molar-refractivity contribution < 1.29 is 4.79 Å². The molecule has 0 heterocycles. The molecule has 0 aliphatic heterocycles. The van der Waals surface area contributed by atoms with Gasteiger partial charge in [0, 0.05) is 19.0 Å². The van der Waals surface area contributed by atoms with Crippen LogP contribution in [0.15, 0.2) is 0 Å². The number of fused-ring (bicyclic) bond motifs is 2. The Morgan fingerprint density at radius 3 is 2.67 bits per heavy atom. The van der Waals surface area contributed by atoms with Crippen molar-refractivity contribution in [2.24, 2.45) is 29.4 Å². The van der Waals surface area contributed by atoms with Gasteiger partial charge in [0.05, 0.1) is 0 Å². The molecular formula is C15H26N2O. The third-order valence-electron chi connectivity index (χ3n) is 5.82. The fourth-order valence-electron chi connectivity index (χ4n) is 4.77. The lowest BCUT2D eigenvalue weighted by atomic mass is 9.87. The standard InChI is InChI=1S/C15H26N2O/c1-17(14-4-2-3-12(14)9-16)15(18)13-8-10-5-6-11(13)7-10/h10-14H,2-9,16H2,1H3. The summed E-state index contributed by atoms with van der Waals surface area (Å²) in [5.41, 5.74) is 5.84. The second-order valence-electron chi connectivity index (χ2n) is 6.72. The van der Waals surface area contributed by atoms with Crippen LogP contribution in [-0.4, -0.2) is 30.4 Å². The van der Waals surface area contributed by atoms with Crippen LogP contribution in [0.3, 0.4) is 0 Å². The van der Waals surface area contributed by atoms with Gasteiger partial charge in [0.15, 0.2) is 0 Å². The highest BCUT2D eigenvalue weighted by atomic mass is 16.2. The zero-order chi connectivity index (χ0) is 12.7. The number of carbonyl (C=O) groups excluding carboxylic acids is 1. The maximum absolute atomic E-state index is 12.7. The highest BCUT2D eigenvalue weighted by Gasteiger charge is 2.45. The molecule has 18 heavy (non-hydrogen) atoms. The van der Waals surface area contributed by atoms with E-state index >= 15 is 0 Å². The monoisotopic (exact) mass is 250 g/mol. The highest BCUT2D eigenvalue weighted by Crippen LogP contribution is 2.49. The molecule has 3 saturated carbocycles. The predicted octanol–water partition coefficient (Wildman–Crippen LogP) is 2.01. The van der Waals surface area contributed by atoms with Gasteiger partial charge in [-0.2, -0.15) is 0 Å². The van der Waals surface area contributed by atoms with Crippen LogP contribution < -0.4 is 5.73 Å². The van der Waals surface area contributed by atoms with Crippen molar-refractivity contribution in [1.29, 1.82) is 0 Å². The van der Waals surface area contributed by atoms with E-state index in [9.17, 15) is 4.79 Å². The Labute approximate surface area is 110 Å². The molecular weight excluding hydrogens is 224 g/mol. The van der Waals surface area contributed by atoms with Crippen molar-refractivity contribution in [3.05, 3.63) is 0 Å². The quantitative estimate of drug-likeness (QED) is 0.833. The second kappa shape index (κ2) is 4.84. The number of hydrogen-bond acceptors (Lipinski definition) is 2. The van der Waals surface area contributed by atoms with Gasteiger partial charge >= 0.3 is 0 Å². The second-order valence-corrected chi connectivity index (χ2v) is 6.72. The van der Waals surface area contributed by atoms with Crippen LogP contribution >= 0.6 is 0 Å². The summed E-state index contributed by atoms with van der Waals surface area (Å²) in [7, 11) is 2.02. The van der Waals surface area contributed by atoms with E-state index in [1.165, 1.54) is 32.1 Å². The minimum Gasteiger partial charge on any atom is -0.342 e. The minimum absolute atomic E-state index is 0.341. The van der Waals surface area contributed by atoms with Gasteiger partial charge in [0.2, 0.25) is 5.91 Å². The Morgan fingerprint density at radius 2 is 2.06 bits per heavy atom. The first-order valence-corrected chi connectivity index (χ1v) is 7.67. The molecule has 102 valence electrons. The number of nitrogens with zero attached hydrogens (tertiary/aromatic N) is 1. The average Bonchev–Trinajstić information content (AvgIpc) is 3.11. The molecule has 3 heteroatoms. The van der Waals surface area contributed by atoms with E-state index in [4.69, 9.17) is 5.73 Å². The van der Waals surface area contributed by atoms with Crippen LogP contribution in [0.5, 0.6) is 0 Å². The van der Waals surface area contributed by atoms with Crippen molar-refractivity contribution in [2.75, 3.05) is 13.6 Å². The van der Waals surface area contributed by atoms with E-state index < -0.39 is 0 Å². The number of hydrogen-bond donors (Lipinski definition) is 1. The van der Waals surface area contributed by atoms with Crippen molar-refractivity contribution in [3.8, 4) is 0 Å². The SMILES string of the molecule is CN(C(=O)C1CC2CCC1C2)C1CCCC1CN. The van der Waals surface area contributed by atoms with Gasteiger partial charge in [-0.25, -0.2) is 0 Å². The van der Waals surface area contributed by atoms with Gasteiger partial charge in [0.25, 0.3) is 0 Å². The molecule has 0 spiro atoms. The van der Waals surface area contributed by atoms with Crippen LogP contribution in [0.4, 0.5) is 0 Å². The maximum atomic E-state index is 12.7. The molecule has 0 aromatic rings. The summed E-state index contributed by atoms with van der Waals surface area (Å²) in [6.07, 6.45) is 8.73. The summed E-state index contributed by atoms with van der Waals surface area (Å²) >= 11 is 0. The van der Waals surface area contributed by atoms with Gasteiger partial charge < -0.3 is 10.6 Å². The summed E-state index contributed by atoms with van der Waals surface area (Å²) in [5.74, 6) is 2.85. The molecule has 3 aliphatic rings. The van der Waals surface area contributed by atoms with Gasteiger partial charge in [0.1, 0.15) is 0 Å². The zero-order valence-electron chi connectivity index (χ0n) is 11.5. The van der Waals surface area contributed by atoms with Crippen LogP contribution in [0.1, 0.15) is 44.9 Å². The molecule has 5 atom stereocenters. The maximum Gasteiger partial charge on any atom is 0.225 e. The van der Waals surface area contributed by atoms with Gasteiger partial charge in [-0.1, -0.05) is 12.8 Å². The molecule has 0 radical (unpaired) electrons. The van der Waals surface area contributed by atoms with E-state index in [1.807, 2.05) is 7.05 Å². The van der Waals surface area contributed by atoms with E-state index in [0.29, 0.717) is 29.7 Å². The highest BCUT2D eigenvalue weighted by molar-refractivity contribution is 5.79. The van der Waals surface area contributed by atoms with Crippen LogP contribution in [0.25, 0.3) is 0 Å². The molecule has 3 rings (SSSR count). The van der Waals surface area contributed by atoms with E-state index in [0.717, 1.165) is 25.3 Å². The first-order valence-electron chi connectivity index (χ1n) is 7.67. The predicted molar refractivity (Wildman–Crippen MR) is 71.9 cm³/mol. The smallest absolute Gasteiger partial charge is 0.225 e. The van der Waals surface area contributed by atoms with Crippen molar-refractivity contribution in [3.63, 3.8) is 0 Å². The van der Waals surface area contributed by atoms with Gasteiger partial charge in [-0.15, -0.1) is 0 Å². The molecule has 3 fully saturated rings. The van der Waals surface area contributed by atoms with Crippen LogP contribution in [0.2, 0.25) is 0 Å². The van der Waals surface area contributed by atoms with Crippen molar-refractivity contribution >= 4 is 5.91 Å². The Kier molecular flexibility index (Phi) is 3.35. The Balaban J connectivity index is 1.65. The summed E-state index contributed by atoms with van der Waals surface area (Å²) in [6, 6.07) is 0.418. The number of carbonyl (C=O) groups is 1. The van der Waals surface area contributed by atoms with E-state index in [2.05, 4.69) is 4.90 Å². The lowest BCUT2D eigenvalue weighted by Crippen LogP contribution is -2.45. The number of amides is 1. The normalized spacial score (nSPS) is 42.4. The summed E-state index contributed by atoms with van der Waals surface area (Å²) in [5, 5.41) is 0. The fraction of sp³-hybridized carbons (Fsp3) is 0.933. The van der Waals surface area contributed by atoms with Crippen LogP contribution in [0, 0.1) is 23.7 Å². The molecule has 2 bridgehead atoms. The van der Waals surface area contributed by atoms with Gasteiger partial charge in [-0.05, 0) is 56.4 Å². The lowest BCUT2D eigenvalue weighted by Gasteiger charge is -2.33. The zero-order valence-corrected chi connectivity index (χ0v) is 11.5. The fourth-order valence-corrected chi connectivity index (χ4v) is 4.77. The molecule has 2 N–H and O–H groups in total. The first kappa shape index (κ1) is 12.5. The van der Waals surface area contributed by atoms with E-state index in [1.54, 1.807) is 0 Å². The van der Waals surface area contributed by atoms with Gasteiger partial charge in [-0.3, -0.25) is 4.79 Å². The summed E-state index contributed by atoms with van der Waals surface area (Å²) in [4.78, 5) is 14.7. The Hall–Kier alpha value is -0.570. The Bertz CT molecular complexity index is 330. The minimum atomic E-state index is 0.341. The Morgan fingerprint density at radius 1 is 1.22 bits per heavy atom. The average molecular weight is 250 g/mol. The van der Waals surface area contributed by atoms with Crippen molar-refractivity contribution in [1.82, 2.24) is 4.90 Å². The summed E-state index contributed by atoms with van der Waals surface area (Å²) < 4.78 is 0. The lowest BCUT2D eigenvalue weighted by molar-refractivity contribution is -0.138. The van der Waals surface area contributed by atoms with E-state index in [-0.39, 0.29) is 0 Å². The molecule has 1 amide bonds. The topological polar surface area (TPSA) is 46.3 Å². The summed E-state index contributed by atoms with van der Waals surface area (Å²) in [6.45, 7) is 0.735. The molecule has 3 nitrogen and oxygen atoms in total. The molecule has 0 aromatic carbocycles. The number of nitrogens with two attached hydrogens (primary N) is 1. The number of rotatable bonds is 3. The van der Waals surface area contributed by atoms with Crippen LogP contribution in [-0.2, 0) is 4.79 Å². The molecule has 3 aliphatic carbocycles. The molecule has 0 aromatic heterocycles. The molecule has 5 unspecified atom stereocenters. The third-order valence-corrected chi connectivity index (χ3v) is 5.82. The van der Waals surface area contributed by atoms with Crippen molar-refractivity contribution in [2.45, 2.75) is 51.0 Å². The molecule has 0 saturated heterocycles. The third kappa shape index (κ3) is 1.97. The largest absolute Gasteiger partial charge is 0.342 e.